The molecule has 0 aromatic carbocycles. The lowest BCUT2D eigenvalue weighted by atomic mass is 9.94. The van der Waals surface area contributed by atoms with Crippen molar-refractivity contribution in [3.63, 3.8) is 0 Å². The van der Waals surface area contributed by atoms with Gasteiger partial charge < -0.3 is 10.6 Å². The fraction of sp³-hybridized carbons (Fsp3) is 0.769. The monoisotopic (exact) mass is 236 g/mol. The summed E-state index contributed by atoms with van der Waals surface area (Å²) in [7, 11) is 1.99. The van der Waals surface area contributed by atoms with Crippen LogP contribution in [0.3, 0.4) is 0 Å². The van der Waals surface area contributed by atoms with Crippen molar-refractivity contribution in [2.75, 3.05) is 17.2 Å². The maximum absolute atomic E-state index is 6.16. The third-order valence-corrected chi connectivity index (χ3v) is 3.87. The van der Waals surface area contributed by atoms with E-state index in [4.69, 9.17) is 5.73 Å². The van der Waals surface area contributed by atoms with E-state index in [0.29, 0.717) is 6.04 Å². The van der Waals surface area contributed by atoms with Crippen molar-refractivity contribution >= 4 is 11.5 Å². The molecule has 1 aliphatic carbocycles. The molecule has 1 aliphatic rings. The van der Waals surface area contributed by atoms with Gasteiger partial charge in [0, 0.05) is 19.6 Å². The van der Waals surface area contributed by atoms with Gasteiger partial charge in [-0.15, -0.1) is 0 Å². The molecule has 1 fully saturated rings. The summed E-state index contributed by atoms with van der Waals surface area (Å²) in [6, 6.07) is 0.644. The van der Waals surface area contributed by atoms with E-state index in [1.807, 2.05) is 18.7 Å². The van der Waals surface area contributed by atoms with Gasteiger partial charge in [0.1, 0.15) is 0 Å². The van der Waals surface area contributed by atoms with Crippen molar-refractivity contribution < 1.29 is 0 Å². The van der Waals surface area contributed by atoms with E-state index in [-0.39, 0.29) is 0 Å². The van der Waals surface area contributed by atoms with Gasteiger partial charge in [-0.3, -0.25) is 4.68 Å². The molecule has 0 atom stereocenters. The minimum Gasteiger partial charge on any atom is -0.394 e. The van der Waals surface area contributed by atoms with Gasteiger partial charge in [0.2, 0.25) is 0 Å². The smallest absolute Gasteiger partial charge is 0.150 e. The Bertz CT molecular complexity index is 377. The van der Waals surface area contributed by atoms with Crippen LogP contribution in [0.4, 0.5) is 11.5 Å². The summed E-state index contributed by atoms with van der Waals surface area (Å²) in [5.74, 6) is 1.11. The Balaban J connectivity index is 2.27. The van der Waals surface area contributed by atoms with Gasteiger partial charge in [0.15, 0.2) is 5.82 Å². The van der Waals surface area contributed by atoms with Gasteiger partial charge in [0.25, 0.3) is 0 Å². The van der Waals surface area contributed by atoms with Crippen LogP contribution in [0.5, 0.6) is 0 Å². The quantitative estimate of drug-likeness (QED) is 0.877. The van der Waals surface area contributed by atoms with Crippen LogP contribution in [-0.4, -0.2) is 22.4 Å². The second-order valence-corrected chi connectivity index (χ2v) is 5.02. The number of aryl methyl sites for hydroxylation is 2. The molecule has 0 bridgehead atoms. The molecule has 0 aliphatic heterocycles. The first-order chi connectivity index (χ1) is 8.15. The van der Waals surface area contributed by atoms with E-state index in [0.717, 1.165) is 23.7 Å². The number of nitrogen functional groups attached to an aromatic ring is 1. The Morgan fingerprint density at radius 2 is 2.00 bits per heavy atom. The largest absolute Gasteiger partial charge is 0.394 e. The number of nitrogens with zero attached hydrogens (tertiary/aromatic N) is 3. The number of nitrogens with two attached hydrogens (primary N) is 1. The molecule has 96 valence electrons. The Labute approximate surface area is 104 Å². The topological polar surface area (TPSA) is 47.1 Å². The van der Waals surface area contributed by atoms with Crippen LogP contribution in [0.25, 0.3) is 0 Å². The molecule has 0 radical (unpaired) electrons. The molecule has 4 heteroatoms. The normalized spacial score (nSPS) is 17.4. The van der Waals surface area contributed by atoms with Gasteiger partial charge in [-0.1, -0.05) is 19.3 Å². The SMILES string of the molecule is CCN(c1c(N)c(C)nn1C)C1CCCCC1. The zero-order valence-electron chi connectivity index (χ0n) is 11.2. The molecule has 1 aromatic rings. The van der Waals surface area contributed by atoms with E-state index in [2.05, 4.69) is 16.9 Å². The third-order valence-electron chi connectivity index (χ3n) is 3.87. The summed E-state index contributed by atoms with van der Waals surface area (Å²) in [6.45, 7) is 5.19. The lowest BCUT2D eigenvalue weighted by Gasteiger charge is -2.35. The summed E-state index contributed by atoms with van der Waals surface area (Å²) in [4.78, 5) is 2.44. The molecular weight excluding hydrogens is 212 g/mol. The van der Waals surface area contributed by atoms with Crippen molar-refractivity contribution in [3.8, 4) is 0 Å². The second-order valence-electron chi connectivity index (χ2n) is 5.02. The molecule has 1 aromatic heterocycles. The highest BCUT2D eigenvalue weighted by molar-refractivity contribution is 5.66. The average molecular weight is 236 g/mol. The summed E-state index contributed by atoms with van der Waals surface area (Å²) in [5, 5.41) is 4.42. The lowest BCUT2D eigenvalue weighted by Crippen LogP contribution is -2.38. The number of rotatable bonds is 3. The van der Waals surface area contributed by atoms with E-state index < -0.39 is 0 Å². The molecule has 0 spiro atoms. The fourth-order valence-corrected chi connectivity index (χ4v) is 2.98. The van der Waals surface area contributed by atoms with Gasteiger partial charge in [0.05, 0.1) is 11.4 Å². The van der Waals surface area contributed by atoms with Crippen molar-refractivity contribution in [3.05, 3.63) is 5.69 Å². The standard InChI is InChI=1S/C13H24N4/c1-4-17(11-8-6-5-7-9-11)13-12(14)10(2)15-16(13)3/h11H,4-9,14H2,1-3H3. The maximum Gasteiger partial charge on any atom is 0.150 e. The Kier molecular flexibility index (Phi) is 3.60. The molecule has 1 saturated carbocycles. The zero-order valence-corrected chi connectivity index (χ0v) is 11.2. The van der Waals surface area contributed by atoms with Crippen LogP contribution in [0.1, 0.15) is 44.7 Å². The molecule has 0 saturated heterocycles. The van der Waals surface area contributed by atoms with Crippen molar-refractivity contribution in [2.45, 2.75) is 52.0 Å². The molecule has 2 rings (SSSR count). The molecule has 2 N–H and O–H groups in total. The molecule has 0 amide bonds. The number of anilines is 2. The molecule has 0 unspecified atom stereocenters. The summed E-state index contributed by atoms with van der Waals surface area (Å²) < 4.78 is 1.93. The summed E-state index contributed by atoms with van der Waals surface area (Å²) in [6.07, 6.45) is 6.65. The lowest BCUT2D eigenvalue weighted by molar-refractivity contribution is 0.413. The fourth-order valence-electron chi connectivity index (χ4n) is 2.98. The van der Waals surface area contributed by atoms with Crippen LogP contribution in [0.15, 0.2) is 0 Å². The zero-order chi connectivity index (χ0) is 12.4. The highest BCUT2D eigenvalue weighted by Gasteiger charge is 2.24. The number of aromatic nitrogens is 2. The Hall–Kier alpha value is -1.19. The third kappa shape index (κ3) is 2.26. The first-order valence-electron chi connectivity index (χ1n) is 6.70. The van der Waals surface area contributed by atoms with Crippen molar-refractivity contribution in [1.29, 1.82) is 0 Å². The molecular formula is C13H24N4. The number of hydrogen-bond donors (Lipinski definition) is 1. The van der Waals surface area contributed by atoms with E-state index in [9.17, 15) is 0 Å². The van der Waals surface area contributed by atoms with Crippen LogP contribution in [0, 0.1) is 6.92 Å². The summed E-state index contributed by atoms with van der Waals surface area (Å²) >= 11 is 0. The van der Waals surface area contributed by atoms with Gasteiger partial charge in [-0.05, 0) is 26.7 Å². The Morgan fingerprint density at radius 3 is 2.47 bits per heavy atom. The van der Waals surface area contributed by atoms with Gasteiger partial charge >= 0.3 is 0 Å². The summed E-state index contributed by atoms with van der Waals surface area (Å²) in [5.41, 5.74) is 7.95. The highest BCUT2D eigenvalue weighted by atomic mass is 15.4. The highest BCUT2D eigenvalue weighted by Crippen LogP contribution is 2.31. The predicted molar refractivity (Wildman–Crippen MR) is 72.3 cm³/mol. The van der Waals surface area contributed by atoms with Crippen molar-refractivity contribution in [1.82, 2.24) is 9.78 Å². The number of hydrogen-bond acceptors (Lipinski definition) is 3. The minimum absolute atomic E-state index is 0.644. The first-order valence-corrected chi connectivity index (χ1v) is 6.70. The van der Waals surface area contributed by atoms with Crippen LogP contribution in [-0.2, 0) is 7.05 Å². The predicted octanol–water partition coefficient (Wildman–Crippen LogP) is 2.47. The van der Waals surface area contributed by atoms with Crippen LogP contribution in [0.2, 0.25) is 0 Å². The molecule has 1 heterocycles. The maximum atomic E-state index is 6.16. The first kappa shape index (κ1) is 12.3. The molecule has 4 nitrogen and oxygen atoms in total. The van der Waals surface area contributed by atoms with Crippen LogP contribution >= 0.6 is 0 Å². The van der Waals surface area contributed by atoms with E-state index >= 15 is 0 Å². The van der Waals surface area contributed by atoms with E-state index in [1.54, 1.807) is 0 Å². The molecule has 17 heavy (non-hydrogen) atoms. The van der Waals surface area contributed by atoms with Gasteiger partial charge in [-0.25, -0.2) is 0 Å². The minimum atomic E-state index is 0.644. The second kappa shape index (κ2) is 4.98. The van der Waals surface area contributed by atoms with E-state index in [1.165, 1.54) is 32.1 Å². The van der Waals surface area contributed by atoms with Crippen molar-refractivity contribution in [2.24, 2.45) is 7.05 Å². The Morgan fingerprint density at radius 1 is 1.35 bits per heavy atom. The van der Waals surface area contributed by atoms with Gasteiger partial charge in [-0.2, -0.15) is 5.10 Å². The van der Waals surface area contributed by atoms with Crippen LogP contribution < -0.4 is 10.6 Å². The average Bonchev–Trinajstić information content (AvgIpc) is 2.58.